The molecular formula is C36H36N4O6S. The van der Waals surface area contributed by atoms with Crippen LogP contribution in [-0.4, -0.2) is 52.7 Å². The zero-order valence-electron chi connectivity index (χ0n) is 26.5. The highest BCUT2D eigenvalue weighted by Crippen LogP contribution is 2.34. The van der Waals surface area contributed by atoms with Gasteiger partial charge in [-0.3, -0.25) is 29.4 Å². The van der Waals surface area contributed by atoms with E-state index in [4.69, 9.17) is 9.47 Å². The number of aromatic nitrogens is 1. The average Bonchev–Trinajstić information content (AvgIpc) is 3.60. The Kier molecular flexibility index (Phi) is 9.08. The van der Waals surface area contributed by atoms with Crippen molar-refractivity contribution in [3.05, 3.63) is 105 Å². The molecule has 3 aromatic carbocycles. The quantitative estimate of drug-likeness (QED) is 0.149. The largest absolute Gasteiger partial charge is 0.494 e. The Balaban J connectivity index is 0.992. The summed E-state index contributed by atoms with van der Waals surface area (Å²) in [6, 6.07) is 20.3. The number of aryl methyl sites for hydroxylation is 1. The summed E-state index contributed by atoms with van der Waals surface area (Å²) in [5, 5.41) is 8.51. The van der Waals surface area contributed by atoms with Crippen molar-refractivity contribution in [2.75, 3.05) is 18.5 Å². The van der Waals surface area contributed by atoms with E-state index in [1.165, 1.54) is 5.56 Å². The third-order valence-electron chi connectivity index (χ3n) is 8.58. The number of amides is 4. The van der Waals surface area contributed by atoms with E-state index in [1.54, 1.807) is 29.5 Å². The van der Waals surface area contributed by atoms with Gasteiger partial charge < -0.3 is 14.8 Å². The molecule has 0 saturated carbocycles. The Bertz CT molecular complexity index is 1820. The van der Waals surface area contributed by atoms with Gasteiger partial charge in [-0.05, 0) is 67.3 Å². The van der Waals surface area contributed by atoms with Gasteiger partial charge in [0, 0.05) is 29.4 Å². The highest BCUT2D eigenvalue weighted by molar-refractivity contribution is 7.09. The number of hydrogen-bond donors (Lipinski definition) is 2. The van der Waals surface area contributed by atoms with Crippen LogP contribution in [0.15, 0.2) is 72.1 Å². The van der Waals surface area contributed by atoms with Crippen molar-refractivity contribution in [1.29, 1.82) is 0 Å². The number of ether oxygens (including phenoxy) is 2. The van der Waals surface area contributed by atoms with Crippen molar-refractivity contribution < 1.29 is 28.7 Å². The second-order valence-electron chi connectivity index (χ2n) is 12.1. The van der Waals surface area contributed by atoms with Crippen LogP contribution in [0.3, 0.4) is 0 Å². The summed E-state index contributed by atoms with van der Waals surface area (Å²) in [6.45, 7) is 7.76. The van der Waals surface area contributed by atoms with Gasteiger partial charge in [-0.15, -0.1) is 11.3 Å². The molecule has 1 atom stereocenters. The number of carbonyl (C=O) groups excluding carboxylic acids is 4. The molecule has 1 fully saturated rings. The van der Waals surface area contributed by atoms with Gasteiger partial charge in [0.1, 0.15) is 24.1 Å². The number of piperidine rings is 1. The zero-order chi connectivity index (χ0) is 33.1. The van der Waals surface area contributed by atoms with Gasteiger partial charge in [0.2, 0.25) is 11.8 Å². The minimum Gasteiger partial charge on any atom is -0.494 e. The molecule has 2 aliphatic rings. The van der Waals surface area contributed by atoms with Gasteiger partial charge >= 0.3 is 0 Å². The Hall–Kier alpha value is -5.03. The van der Waals surface area contributed by atoms with Gasteiger partial charge in [-0.25, -0.2) is 4.98 Å². The van der Waals surface area contributed by atoms with E-state index >= 15 is 0 Å². The molecule has 4 amide bonds. The molecule has 6 rings (SSSR count). The monoisotopic (exact) mass is 652 g/mol. The molecule has 1 saturated heterocycles. The van der Waals surface area contributed by atoms with E-state index in [-0.39, 0.29) is 29.4 Å². The van der Waals surface area contributed by atoms with Crippen molar-refractivity contribution in [2.24, 2.45) is 0 Å². The summed E-state index contributed by atoms with van der Waals surface area (Å²) in [6.07, 6.45) is 0.840. The number of thiazole rings is 1. The van der Waals surface area contributed by atoms with E-state index < -0.39 is 29.7 Å². The lowest BCUT2D eigenvalue weighted by Crippen LogP contribution is -2.54. The van der Waals surface area contributed by atoms with E-state index in [2.05, 4.69) is 53.7 Å². The summed E-state index contributed by atoms with van der Waals surface area (Å²) < 4.78 is 11.9. The Morgan fingerprint density at radius 2 is 1.62 bits per heavy atom. The maximum atomic E-state index is 13.3. The number of fused-ring (bicyclic) bond motifs is 1. The van der Waals surface area contributed by atoms with Crippen LogP contribution in [0.25, 0.3) is 0 Å². The van der Waals surface area contributed by atoms with Crippen LogP contribution < -0.4 is 20.1 Å². The smallest absolute Gasteiger partial charge is 0.264 e. The maximum Gasteiger partial charge on any atom is 0.264 e. The van der Waals surface area contributed by atoms with Crippen LogP contribution in [0.4, 0.5) is 5.69 Å². The number of nitrogens with one attached hydrogen (secondary N) is 2. The first-order chi connectivity index (χ1) is 22.6. The number of hydrogen-bond acceptors (Lipinski definition) is 9. The van der Waals surface area contributed by atoms with E-state index in [9.17, 15) is 19.2 Å². The first-order valence-electron chi connectivity index (χ1n) is 15.6. The first kappa shape index (κ1) is 31.9. The summed E-state index contributed by atoms with van der Waals surface area (Å²) >= 11 is 1.62. The van der Waals surface area contributed by atoms with Gasteiger partial charge in [-0.1, -0.05) is 44.2 Å². The topological polar surface area (TPSA) is 127 Å². The maximum absolute atomic E-state index is 13.3. The molecule has 0 radical (unpaired) electrons. The zero-order valence-corrected chi connectivity index (χ0v) is 27.3. The molecule has 0 bridgehead atoms. The molecule has 11 heteroatoms. The van der Waals surface area contributed by atoms with E-state index in [0.29, 0.717) is 31.9 Å². The molecule has 0 aliphatic carbocycles. The summed E-state index contributed by atoms with van der Waals surface area (Å²) in [7, 11) is 0. The van der Waals surface area contributed by atoms with Crippen LogP contribution >= 0.6 is 11.3 Å². The highest BCUT2D eigenvalue weighted by Gasteiger charge is 2.45. The fourth-order valence-corrected chi connectivity index (χ4v) is 6.48. The van der Waals surface area contributed by atoms with Crippen LogP contribution in [0.1, 0.15) is 75.7 Å². The van der Waals surface area contributed by atoms with Crippen LogP contribution in [0.5, 0.6) is 11.5 Å². The van der Waals surface area contributed by atoms with Crippen LogP contribution in [0.2, 0.25) is 0 Å². The number of imide groups is 2. The number of benzene rings is 3. The second-order valence-corrected chi connectivity index (χ2v) is 13.2. The molecule has 2 N–H and O–H groups in total. The lowest BCUT2D eigenvalue weighted by atomic mass is 9.78. The molecule has 3 heterocycles. The summed E-state index contributed by atoms with van der Waals surface area (Å²) in [5.74, 6) is -0.531. The molecule has 1 aromatic heterocycles. The molecule has 47 heavy (non-hydrogen) atoms. The number of nitrogens with zero attached hydrogens (tertiary/aromatic N) is 2. The molecular weight excluding hydrogens is 616 g/mol. The predicted octanol–water partition coefficient (Wildman–Crippen LogP) is 5.64. The normalized spacial score (nSPS) is 16.2. The summed E-state index contributed by atoms with van der Waals surface area (Å²) in [5.41, 5.74) is 4.04. The fourth-order valence-electron chi connectivity index (χ4n) is 5.88. The van der Waals surface area contributed by atoms with E-state index in [1.807, 2.05) is 36.6 Å². The van der Waals surface area contributed by atoms with Crippen LogP contribution in [-0.2, 0) is 21.6 Å². The van der Waals surface area contributed by atoms with Gasteiger partial charge in [-0.2, -0.15) is 0 Å². The molecule has 10 nitrogen and oxygen atoms in total. The minimum atomic E-state index is -0.998. The van der Waals surface area contributed by atoms with E-state index in [0.717, 1.165) is 32.7 Å². The third kappa shape index (κ3) is 6.76. The molecule has 0 spiro atoms. The van der Waals surface area contributed by atoms with Gasteiger partial charge in [0.25, 0.3) is 11.8 Å². The third-order valence-corrected chi connectivity index (χ3v) is 9.40. The Labute approximate surface area is 277 Å². The minimum absolute atomic E-state index is 0.0775. The van der Waals surface area contributed by atoms with Crippen molar-refractivity contribution in [3.63, 3.8) is 0 Å². The summed E-state index contributed by atoms with van der Waals surface area (Å²) in [4.78, 5) is 55.7. The molecule has 2 aliphatic heterocycles. The number of carbonyl (C=O) groups is 4. The predicted molar refractivity (Wildman–Crippen MR) is 178 cm³/mol. The molecule has 4 aromatic rings. The number of anilines is 1. The van der Waals surface area contributed by atoms with Gasteiger partial charge in [0.15, 0.2) is 0 Å². The first-order valence-corrected chi connectivity index (χ1v) is 16.5. The SMILES string of the molecule is Cc1nc(COc2ccc(C(C)(C)c3ccc(OCCCNc4cccc5c4C(=O)N(C4CCC(=O)NC4=O)C5=O)cc3)cc2)cs1. The molecule has 1 unspecified atom stereocenters. The standard InChI is InChI=1S/C36H36N4O6S/c1-22-38-25(21-47-22)20-46-27-14-10-24(11-15-27)36(2,3)23-8-12-26(13-9-23)45-19-5-18-37-29-7-4-6-28-32(29)35(44)40(34(28)43)30-16-17-31(41)39-33(30)42/h4,6-15,21,30,37H,5,16-20H2,1-3H3,(H,39,41,42). The van der Waals surface area contributed by atoms with Crippen molar-refractivity contribution in [3.8, 4) is 11.5 Å². The highest BCUT2D eigenvalue weighted by atomic mass is 32.1. The van der Waals surface area contributed by atoms with Crippen molar-refractivity contribution >= 4 is 40.7 Å². The molecule has 242 valence electrons. The Morgan fingerprint density at radius 3 is 2.26 bits per heavy atom. The second kappa shape index (κ2) is 13.4. The lowest BCUT2D eigenvalue weighted by Gasteiger charge is -2.27. The van der Waals surface area contributed by atoms with Gasteiger partial charge in [0.05, 0.1) is 28.4 Å². The average molecular weight is 653 g/mol. The van der Waals surface area contributed by atoms with Crippen molar-refractivity contribution in [1.82, 2.24) is 15.2 Å². The lowest BCUT2D eigenvalue weighted by molar-refractivity contribution is -0.136. The Morgan fingerprint density at radius 1 is 0.936 bits per heavy atom. The van der Waals surface area contributed by atoms with Crippen molar-refractivity contribution in [2.45, 2.75) is 58.1 Å². The fraction of sp³-hybridized carbons (Fsp3) is 0.306. The van der Waals surface area contributed by atoms with Crippen LogP contribution in [0, 0.1) is 6.92 Å². The number of rotatable bonds is 12.